The first kappa shape index (κ1) is 30.1. The summed E-state index contributed by atoms with van der Waals surface area (Å²) in [5.41, 5.74) is 0. The van der Waals surface area contributed by atoms with Gasteiger partial charge in [0.25, 0.3) is 0 Å². The second-order valence-electron chi connectivity index (χ2n) is 8.19. The summed E-state index contributed by atoms with van der Waals surface area (Å²) in [6, 6.07) is 0. The molecule has 0 aliphatic heterocycles. The molecule has 174 valence electrons. The fourth-order valence-corrected chi connectivity index (χ4v) is 3.18. The third-order valence-corrected chi connectivity index (χ3v) is 5.07. The number of amides is 1. The number of carbonyl (C=O) groups is 2. The Kier molecular flexibility index (Phi) is 28.0. The lowest BCUT2D eigenvalue weighted by Gasteiger charge is -2.02. The number of nitrogens with one attached hydrogen (secondary N) is 1. The van der Waals surface area contributed by atoms with Gasteiger partial charge in [0.05, 0.1) is 0 Å². The Morgan fingerprint density at radius 1 is 0.552 bits per heavy atom. The highest BCUT2D eigenvalue weighted by molar-refractivity contribution is 5.75. The number of carboxylic acid groups (broad SMARTS) is 1. The Balaban J connectivity index is 0. The number of hydrogen-bond donors (Lipinski definition) is 2. The molecule has 0 unspecified atom stereocenters. The summed E-state index contributed by atoms with van der Waals surface area (Å²) >= 11 is 0. The van der Waals surface area contributed by atoms with Crippen LogP contribution in [-0.2, 0) is 9.59 Å². The zero-order valence-electron chi connectivity index (χ0n) is 19.9. The molecule has 4 nitrogen and oxygen atoms in total. The van der Waals surface area contributed by atoms with Gasteiger partial charge in [0, 0.05) is 19.4 Å². The van der Waals surface area contributed by atoms with Crippen molar-refractivity contribution in [3.63, 3.8) is 0 Å². The maximum atomic E-state index is 11.0. The maximum Gasteiger partial charge on any atom is 0.303 e. The van der Waals surface area contributed by atoms with E-state index in [1.807, 2.05) is 0 Å². The van der Waals surface area contributed by atoms with Crippen LogP contribution in [0, 0.1) is 0 Å². The van der Waals surface area contributed by atoms with Crippen molar-refractivity contribution < 1.29 is 14.7 Å². The highest BCUT2D eigenvalue weighted by atomic mass is 16.4. The van der Waals surface area contributed by atoms with Crippen LogP contribution in [-0.4, -0.2) is 23.5 Å². The molecular formula is C25H51NO3. The zero-order chi connectivity index (χ0) is 22.0. The quantitative estimate of drug-likeness (QED) is 0.201. The molecule has 0 fully saturated rings. The minimum Gasteiger partial charge on any atom is -0.481 e. The van der Waals surface area contributed by atoms with Crippen LogP contribution >= 0.6 is 0 Å². The largest absolute Gasteiger partial charge is 0.481 e. The van der Waals surface area contributed by atoms with Crippen molar-refractivity contribution in [3.8, 4) is 0 Å². The van der Waals surface area contributed by atoms with Crippen LogP contribution in [0.15, 0.2) is 0 Å². The molecule has 0 heterocycles. The highest BCUT2D eigenvalue weighted by Crippen LogP contribution is 2.12. The van der Waals surface area contributed by atoms with Gasteiger partial charge < -0.3 is 10.4 Å². The van der Waals surface area contributed by atoms with Crippen molar-refractivity contribution in [1.82, 2.24) is 5.32 Å². The highest BCUT2D eigenvalue weighted by Gasteiger charge is 1.98. The van der Waals surface area contributed by atoms with Gasteiger partial charge in [0.1, 0.15) is 0 Å². The molecule has 0 saturated carbocycles. The molecule has 0 aromatic heterocycles. The monoisotopic (exact) mass is 413 g/mol. The lowest BCUT2D eigenvalue weighted by atomic mass is 10.0. The lowest BCUT2D eigenvalue weighted by Crippen LogP contribution is -2.23. The summed E-state index contributed by atoms with van der Waals surface area (Å²) in [6.07, 6.45) is 22.4. The first-order chi connectivity index (χ1) is 14.1. The number of carboxylic acids is 1. The van der Waals surface area contributed by atoms with E-state index in [1.165, 1.54) is 83.5 Å². The molecule has 0 spiro atoms. The van der Waals surface area contributed by atoms with Gasteiger partial charge in [0.2, 0.25) is 5.91 Å². The summed E-state index contributed by atoms with van der Waals surface area (Å²) in [5, 5.41) is 11.3. The Hall–Kier alpha value is -1.06. The molecule has 0 aromatic carbocycles. The molecule has 4 heteroatoms. The van der Waals surface area contributed by atoms with Crippen LogP contribution in [0.3, 0.4) is 0 Å². The van der Waals surface area contributed by atoms with E-state index in [2.05, 4.69) is 26.1 Å². The number of rotatable bonds is 20. The molecule has 29 heavy (non-hydrogen) atoms. The Labute approximate surface area is 181 Å². The maximum absolute atomic E-state index is 11.0. The van der Waals surface area contributed by atoms with Crippen LogP contribution < -0.4 is 5.32 Å². The van der Waals surface area contributed by atoms with Crippen molar-refractivity contribution in [2.75, 3.05) is 6.54 Å². The van der Waals surface area contributed by atoms with E-state index in [9.17, 15) is 9.59 Å². The Morgan fingerprint density at radius 3 is 1.34 bits per heavy atom. The van der Waals surface area contributed by atoms with E-state index in [4.69, 9.17) is 5.11 Å². The second-order valence-corrected chi connectivity index (χ2v) is 8.19. The van der Waals surface area contributed by atoms with Crippen LogP contribution in [0.2, 0.25) is 0 Å². The number of aliphatic carboxylic acids is 1. The molecule has 0 aromatic rings. The van der Waals surface area contributed by atoms with E-state index in [0.29, 0.717) is 12.8 Å². The number of unbranched alkanes of at least 4 members (excludes halogenated alkanes) is 14. The van der Waals surface area contributed by atoms with Crippen molar-refractivity contribution in [2.24, 2.45) is 0 Å². The fraction of sp³-hybridized carbons (Fsp3) is 0.920. The van der Waals surface area contributed by atoms with Gasteiger partial charge in [-0.15, -0.1) is 0 Å². The first-order valence-corrected chi connectivity index (χ1v) is 12.6. The smallest absolute Gasteiger partial charge is 0.303 e. The van der Waals surface area contributed by atoms with Crippen molar-refractivity contribution in [2.45, 2.75) is 143 Å². The van der Waals surface area contributed by atoms with Gasteiger partial charge in [-0.3, -0.25) is 9.59 Å². The number of hydrogen-bond acceptors (Lipinski definition) is 2. The predicted octanol–water partition coefficient (Wildman–Crippen LogP) is 7.65. The topological polar surface area (TPSA) is 66.4 Å². The molecule has 0 rings (SSSR count). The number of carbonyl (C=O) groups excluding carboxylic acids is 1. The molecule has 0 bridgehead atoms. The fourth-order valence-electron chi connectivity index (χ4n) is 3.18. The minimum atomic E-state index is -0.655. The van der Waals surface area contributed by atoms with E-state index < -0.39 is 5.97 Å². The van der Waals surface area contributed by atoms with Gasteiger partial charge in [-0.25, -0.2) is 0 Å². The summed E-state index contributed by atoms with van der Waals surface area (Å²) in [7, 11) is 0. The third-order valence-electron chi connectivity index (χ3n) is 5.07. The van der Waals surface area contributed by atoms with Gasteiger partial charge >= 0.3 is 5.97 Å². The first-order valence-electron chi connectivity index (χ1n) is 12.6. The Bertz CT molecular complexity index is 345. The molecule has 0 saturated heterocycles. The molecular weight excluding hydrogens is 362 g/mol. The molecule has 2 N–H and O–H groups in total. The standard InChI is InChI=1S/C16H32O2.C9H19NO/c1-2-3-4-5-6-7-8-9-10-11-12-13-14-15-16(17)18;1-3-5-6-7-9(11)10-8-4-2/h2-15H2,1H3,(H,17,18);3-8H2,1-2H3,(H,10,11). The summed E-state index contributed by atoms with van der Waals surface area (Å²) < 4.78 is 0. The SMILES string of the molecule is CCCCCC(=O)NCCC.CCCCCCCCCCCCCCCC(=O)O. The normalized spacial score (nSPS) is 10.3. The van der Waals surface area contributed by atoms with E-state index in [-0.39, 0.29) is 5.91 Å². The van der Waals surface area contributed by atoms with Gasteiger partial charge in [-0.1, -0.05) is 111 Å². The zero-order valence-corrected chi connectivity index (χ0v) is 19.9. The molecule has 0 aliphatic rings. The van der Waals surface area contributed by atoms with Gasteiger partial charge in [-0.05, 0) is 19.3 Å². The van der Waals surface area contributed by atoms with Crippen molar-refractivity contribution in [3.05, 3.63) is 0 Å². The van der Waals surface area contributed by atoms with Crippen molar-refractivity contribution >= 4 is 11.9 Å². The Morgan fingerprint density at radius 2 is 0.931 bits per heavy atom. The minimum absolute atomic E-state index is 0.209. The summed E-state index contributed by atoms with van der Waals surface area (Å²) in [5.74, 6) is -0.446. The molecule has 1 amide bonds. The van der Waals surface area contributed by atoms with E-state index in [0.717, 1.165) is 32.2 Å². The van der Waals surface area contributed by atoms with Gasteiger partial charge in [0.15, 0.2) is 0 Å². The van der Waals surface area contributed by atoms with E-state index >= 15 is 0 Å². The van der Waals surface area contributed by atoms with Crippen LogP contribution in [0.4, 0.5) is 0 Å². The predicted molar refractivity (Wildman–Crippen MR) is 125 cm³/mol. The molecule has 0 atom stereocenters. The second kappa shape index (κ2) is 26.9. The van der Waals surface area contributed by atoms with Crippen LogP contribution in [0.5, 0.6) is 0 Å². The third kappa shape index (κ3) is 31.8. The van der Waals surface area contributed by atoms with Crippen molar-refractivity contribution in [1.29, 1.82) is 0 Å². The summed E-state index contributed by atoms with van der Waals surface area (Å²) in [4.78, 5) is 21.3. The van der Waals surface area contributed by atoms with Crippen LogP contribution in [0.1, 0.15) is 143 Å². The van der Waals surface area contributed by atoms with E-state index in [1.54, 1.807) is 0 Å². The molecule has 0 radical (unpaired) electrons. The molecule has 0 aliphatic carbocycles. The van der Waals surface area contributed by atoms with Crippen LogP contribution in [0.25, 0.3) is 0 Å². The van der Waals surface area contributed by atoms with Gasteiger partial charge in [-0.2, -0.15) is 0 Å². The summed E-state index contributed by atoms with van der Waals surface area (Å²) in [6.45, 7) is 7.29. The lowest BCUT2D eigenvalue weighted by molar-refractivity contribution is -0.137. The average molecular weight is 414 g/mol. The average Bonchev–Trinajstić information content (AvgIpc) is 2.70.